The smallest absolute Gasteiger partial charge is 0.336 e. The third kappa shape index (κ3) is 1.93. The molecule has 0 radical (unpaired) electrons. The van der Waals surface area contributed by atoms with Gasteiger partial charge in [-0.15, -0.1) is 0 Å². The fourth-order valence-electron chi connectivity index (χ4n) is 2.34. The summed E-state index contributed by atoms with van der Waals surface area (Å²) >= 11 is 0. The van der Waals surface area contributed by atoms with Gasteiger partial charge in [0.15, 0.2) is 0 Å². The normalized spacial score (nSPS) is 10.9. The average molecular weight is 231 g/mol. The van der Waals surface area contributed by atoms with Crippen LogP contribution in [-0.2, 0) is 13.0 Å². The van der Waals surface area contributed by atoms with Crippen molar-refractivity contribution in [2.24, 2.45) is 0 Å². The number of aromatic carboxylic acids is 1. The van der Waals surface area contributed by atoms with Crippen molar-refractivity contribution < 1.29 is 9.90 Å². The maximum Gasteiger partial charge on any atom is 0.336 e. The van der Waals surface area contributed by atoms with Crippen LogP contribution >= 0.6 is 0 Å². The zero-order valence-electron chi connectivity index (χ0n) is 10.2. The Balaban J connectivity index is 2.76. The van der Waals surface area contributed by atoms with E-state index in [1.165, 1.54) is 0 Å². The first kappa shape index (κ1) is 11.7. The highest BCUT2D eigenvalue weighted by Gasteiger charge is 2.14. The van der Waals surface area contributed by atoms with E-state index in [4.69, 9.17) is 0 Å². The summed E-state index contributed by atoms with van der Waals surface area (Å²) < 4.78 is 2.12. The number of carboxylic acid groups (broad SMARTS) is 1. The minimum Gasteiger partial charge on any atom is -0.478 e. The predicted molar refractivity (Wildman–Crippen MR) is 68.6 cm³/mol. The molecule has 1 aromatic heterocycles. The number of hydrogen-bond donors (Lipinski definition) is 1. The second-order valence-corrected chi connectivity index (χ2v) is 4.20. The van der Waals surface area contributed by atoms with Gasteiger partial charge < -0.3 is 9.67 Å². The van der Waals surface area contributed by atoms with E-state index in [2.05, 4.69) is 24.6 Å². The molecule has 2 aromatic rings. The zero-order chi connectivity index (χ0) is 12.4. The molecular formula is C14H17NO2. The molecule has 0 spiro atoms. The van der Waals surface area contributed by atoms with Gasteiger partial charge >= 0.3 is 5.97 Å². The molecule has 0 saturated heterocycles. The molecule has 0 atom stereocenters. The number of rotatable bonds is 4. The van der Waals surface area contributed by atoms with Crippen LogP contribution in [0, 0.1) is 0 Å². The number of benzene rings is 1. The Morgan fingerprint density at radius 3 is 2.71 bits per heavy atom. The molecule has 1 N–H and O–H groups in total. The van der Waals surface area contributed by atoms with Crippen molar-refractivity contribution in [1.82, 2.24) is 4.57 Å². The Kier molecular flexibility index (Phi) is 3.18. The Bertz CT molecular complexity index is 555. The van der Waals surface area contributed by atoms with Crippen molar-refractivity contribution in [2.45, 2.75) is 33.2 Å². The summed E-state index contributed by atoms with van der Waals surface area (Å²) in [4.78, 5) is 11.3. The second kappa shape index (κ2) is 4.62. The molecule has 90 valence electrons. The SMILES string of the molecule is CCCc1cn(CC)c2cccc(C(=O)O)c12. The molecule has 0 bridgehead atoms. The van der Waals surface area contributed by atoms with Gasteiger partial charge in [0.25, 0.3) is 0 Å². The maximum absolute atomic E-state index is 11.3. The van der Waals surface area contributed by atoms with Gasteiger partial charge in [0, 0.05) is 23.6 Å². The van der Waals surface area contributed by atoms with Crippen LogP contribution in [0.1, 0.15) is 36.2 Å². The standard InChI is InChI=1S/C14H17NO2/c1-3-6-10-9-15(4-2)12-8-5-7-11(13(10)12)14(16)17/h5,7-9H,3-4,6H2,1-2H3,(H,16,17). The lowest BCUT2D eigenvalue weighted by Gasteiger charge is -2.02. The zero-order valence-corrected chi connectivity index (χ0v) is 10.2. The lowest BCUT2D eigenvalue weighted by Crippen LogP contribution is -1.98. The van der Waals surface area contributed by atoms with Crippen LogP contribution in [0.3, 0.4) is 0 Å². The van der Waals surface area contributed by atoms with E-state index < -0.39 is 5.97 Å². The van der Waals surface area contributed by atoms with Gasteiger partial charge in [-0.3, -0.25) is 0 Å². The highest BCUT2D eigenvalue weighted by molar-refractivity contribution is 6.04. The highest BCUT2D eigenvalue weighted by Crippen LogP contribution is 2.26. The molecule has 3 heteroatoms. The third-order valence-electron chi connectivity index (χ3n) is 3.08. The summed E-state index contributed by atoms with van der Waals surface area (Å²) in [5, 5.41) is 10.2. The van der Waals surface area contributed by atoms with Gasteiger partial charge in [-0.05, 0) is 31.0 Å². The van der Waals surface area contributed by atoms with Crippen LogP contribution in [0.5, 0.6) is 0 Å². The summed E-state index contributed by atoms with van der Waals surface area (Å²) in [5.41, 5.74) is 2.58. The molecule has 0 aliphatic heterocycles. The number of carbonyl (C=O) groups is 1. The average Bonchev–Trinajstić information content (AvgIpc) is 2.68. The Labute approximate surface area is 101 Å². The number of aromatic nitrogens is 1. The summed E-state index contributed by atoms with van der Waals surface area (Å²) in [7, 11) is 0. The molecule has 0 fully saturated rings. The van der Waals surface area contributed by atoms with E-state index in [1.807, 2.05) is 12.1 Å². The van der Waals surface area contributed by atoms with Gasteiger partial charge in [-0.2, -0.15) is 0 Å². The van der Waals surface area contributed by atoms with Crippen molar-refractivity contribution in [1.29, 1.82) is 0 Å². The van der Waals surface area contributed by atoms with Crippen molar-refractivity contribution in [3.63, 3.8) is 0 Å². The fraction of sp³-hybridized carbons (Fsp3) is 0.357. The first-order valence-corrected chi connectivity index (χ1v) is 6.03. The quantitative estimate of drug-likeness (QED) is 0.877. The number of fused-ring (bicyclic) bond motifs is 1. The van der Waals surface area contributed by atoms with Gasteiger partial charge in [0.1, 0.15) is 0 Å². The van der Waals surface area contributed by atoms with Gasteiger partial charge in [0.2, 0.25) is 0 Å². The molecule has 0 saturated carbocycles. The summed E-state index contributed by atoms with van der Waals surface area (Å²) in [5.74, 6) is -0.846. The van der Waals surface area contributed by atoms with E-state index >= 15 is 0 Å². The van der Waals surface area contributed by atoms with E-state index in [1.54, 1.807) is 6.07 Å². The van der Waals surface area contributed by atoms with E-state index in [0.29, 0.717) is 5.56 Å². The molecule has 2 rings (SSSR count). The highest BCUT2D eigenvalue weighted by atomic mass is 16.4. The van der Waals surface area contributed by atoms with Crippen LogP contribution in [0.2, 0.25) is 0 Å². The Hall–Kier alpha value is -1.77. The third-order valence-corrected chi connectivity index (χ3v) is 3.08. The lowest BCUT2D eigenvalue weighted by molar-refractivity contribution is 0.0699. The van der Waals surface area contributed by atoms with Gasteiger partial charge in [-0.25, -0.2) is 4.79 Å². The summed E-state index contributed by atoms with van der Waals surface area (Å²) in [6.45, 7) is 5.05. The van der Waals surface area contributed by atoms with E-state index in [0.717, 1.165) is 35.9 Å². The van der Waals surface area contributed by atoms with E-state index in [9.17, 15) is 9.90 Å². The molecule has 17 heavy (non-hydrogen) atoms. The first-order valence-electron chi connectivity index (χ1n) is 6.03. The van der Waals surface area contributed by atoms with Crippen LogP contribution in [0.4, 0.5) is 0 Å². The van der Waals surface area contributed by atoms with Crippen molar-refractivity contribution in [2.75, 3.05) is 0 Å². The van der Waals surface area contributed by atoms with Crippen molar-refractivity contribution in [3.05, 3.63) is 35.5 Å². The van der Waals surface area contributed by atoms with Crippen LogP contribution < -0.4 is 0 Å². The van der Waals surface area contributed by atoms with E-state index in [-0.39, 0.29) is 0 Å². The van der Waals surface area contributed by atoms with Crippen LogP contribution in [0.15, 0.2) is 24.4 Å². The molecule has 1 heterocycles. The molecular weight excluding hydrogens is 214 g/mol. The summed E-state index contributed by atoms with van der Waals surface area (Å²) in [6, 6.07) is 5.49. The molecule has 0 aliphatic carbocycles. The maximum atomic E-state index is 11.3. The van der Waals surface area contributed by atoms with Crippen LogP contribution in [0.25, 0.3) is 10.9 Å². The number of aryl methyl sites for hydroxylation is 2. The lowest BCUT2D eigenvalue weighted by atomic mass is 10.0. The molecule has 3 nitrogen and oxygen atoms in total. The van der Waals surface area contributed by atoms with Crippen molar-refractivity contribution in [3.8, 4) is 0 Å². The second-order valence-electron chi connectivity index (χ2n) is 4.20. The number of carboxylic acids is 1. The topological polar surface area (TPSA) is 42.2 Å². The fourth-order valence-corrected chi connectivity index (χ4v) is 2.34. The number of hydrogen-bond acceptors (Lipinski definition) is 1. The number of nitrogens with zero attached hydrogens (tertiary/aromatic N) is 1. The Morgan fingerprint density at radius 2 is 2.12 bits per heavy atom. The monoisotopic (exact) mass is 231 g/mol. The minimum atomic E-state index is -0.846. The molecule has 0 aliphatic rings. The van der Waals surface area contributed by atoms with Crippen LogP contribution in [-0.4, -0.2) is 15.6 Å². The van der Waals surface area contributed by atoms with Crippen molar-refractivity contribution >= 4 is 16.9 Å². The Morgan fingerprint density at radius 1 is 1.35 bits per heavy atom. The molecule has 1 aromatic carbocycles. The largest absolute Gasteiger partial charge is 0.478 e. The molecule has 0 unspecified atom stereocenters. The van der Waals surface area contributed by atoms with Gasteiger partial charge in [0.05, 0.1) is 5.56 Å². The minimum absolute atomic E-state index is 0.415. The predicted octanol–water partition coefficient (Wildman–Crippen LogP) is 3.31. The first-order chi connectivity index (χ1) is 8.19. The van der Waals surface area contributed by atoms with Gasteiger partial charge in [-0.1, -0.05) is 19.4 Å². The molecule has 0 amide bonds. The summed E-state index contributed by atoms with van der Waals surface area (Å²) in [6.07, 6.45) is 4.03.